The molecule has 1 aliphatic heterocycles. The van der Waals surface area contributed by atoms with Gasteiger partial charge in [0.1, 0.15) is 0 Å². The lowest BCUT2D eigenvalue weighted by atomic mass is 10.0. The molecule has 0 aromatic carbocycles. The SMILES string of the molecule is CN=C(NCC1CC1)NCC(C)N1CCCCC1C. The lowest BCUT2D eigenvalue weighted by Crippen LogP contribution is -2.50. The summed E-state index contributed by atoms with van der Waals surface area (Å²) in [4.78, 5) is 6.93. The molecule has 2 fully saturated rings. The van der Waals surface area contributed by atoms with Gasteiger partial charge in [0.2, 0.25) is 0 Å². The summed E-state index contributed by atoms with van der Waals surface area (Å²) in [5, 5.41) is 6.89. The van der Waals surface area contributed by atoms with Gasteiger partial charge >= 0.3 is 0 Å². The molecule has 110 valence electrons. The van der Waals surface area contributed by atoms with Gasteiger partial charge in [0.05, 0.1) is 0 Å². The number of likely N-dealkylation sites (tertiary alicyclic amines) is 1. The van der Waals surface area contributed by atoms with Crippen LogP contribution in [0.4, 0.5) is 0 Å². The van der Waals surface area contributed by atoms with Gasteiger partial charge in [0.15, 0.2) is 5.96 Å². The summed E-state index contributed by atoms with van der Waals surface area (Å²) in [6.45, 7) is 7.99. The first-order valence-electron chi connectivity index (χ1n) is 7.91. The Kier molecular flexibility index (Phi) is 5.49. The van der Waals surface area contributed by atoms with Crippen LogP contribution in [-0.2, 0) is 0 Å². The van der Waals surface area contributed by atoms with Crippen molar-refractivity contribution < 1.29 is 0 Å². The molecular weight excluding hydrogens is 236 g/mol. The molecule has 0 amide bonds. The molecule has 4 nitrogen and oxygen atoms in total. The molecule has 0 aromatic rings. The number of hydrogen-bond acceptors (Lipinski definition) is 2. The number of aliphatic imine (C=N–C) groups is 1. The third-order valence-corrected chi connectivity index (χ3v) is 4.46. The zero-order valence-corrected chi connectivity index (χ0v) is 12.8. The minimum Gasteiger partial charge on any atom is -0.356 e. The summed E-state index contributed by atoms with van der Waals surface area (Å²) in [5.41, 5.74) is 0. The van der Waals surface area contributed by atoms with Crippen LogP contribution in [0.2, 0.25) is 0 Å². The fourth-order valence-corrected chi connectivity index (χ4v) is 2.92. The highest BCUT2D eigenvalue weighted by Crippen LogP contribution is 2.27. The Morgan fingerprint density at radius 3 is 2.68 bits per heavy atom. The average molecular weight is 266 g/mol. The monoisotopic (exact) mass is 266 g/mol. The van der Waals surface area contributed by atoms with Crippen molar-refractivity contribution in [1.82, 2.24) is 15.5 Å². The topological polar surface area (TPSA) is 39.7 Å². The fraction of sp³-hybridized carbons (Fsp3) is 0.933. The summed E-state index contributed by atoms with van der Waals surface area (Å²) < 4.78 is 0. The molecule has 2 atom stereocenters. The van der Waals surface area contributed by atoms with Crippen molar-refractivity contribution in [1.29, 1.82) is 0 Å². The Labute approximate surface area is 118 Å². The Balaban J connectivity index is 1.69. The van der Waals surface area contributed by atoms with E-state index in [4.69, 9.17) is 0 Å². The third kappa shape index (κ3) is 4.68. The van der Waals surface area contributed by atoms with E-state index in [2.05, 4.69) is 34.4 Å². The Morgan fingerprint density at radius 2 is 2.05 bits per heavy atom. The van der Waals surface area contributed by atoms with Gasteiger partial charge in [-0.25, -0.2) is 0 Å². The first-order valence-corrected chi connectivity index (χ1v) is 7.91. The van der Waals surface area contributed by atoms with E-state index in [0.717, 1.165) is 31.0 Å². The number of rotatable bonds is 5. The summed E-state index contributed by atoms with van der Waals surface area (Å²) in [6, 6.07) is 1.31. The first kappa shape index (κ1) is 14.6. The van der Waals surface area contributed by atoms with Gasteiger partial charge in [0.25, 0.3) is 0 Å². The highest BCUT2D eigenvalue weighted by molar-refractivity contribution is 5.79. The molecule has 1 aliphatic carbocycles. The summed E-state index contributed by atoms with van der Waals surface area (Å²) in [7, 11) is 1.86. The van der Waals surface area contributed by atoms with Crippen molar-refractivity contribution in [3.63, 3.8) is 0 Å². The lowest BCUT2D eigenvalue weighted by molar-refractivity contribution is 0.115. The van der Waals surface area contributed by atoms with E-state index in [9.17, 15) is 0 Å². The van der Waals surface area contributed by atoms with Crippen molar-refractivity contribution in [2.75, 3.05) is 26.7 Å². The predicted molar refractivity (Wildman–Crippen MR) is 81.6 cm³/mol. The molecule has 0 aromatic heterocycles. The number of guanidine groups is 1. The maximum Gasteiger partial charge on any atom is 0.191 e. The number of nitrogens with zero attached hydrogens (tertiary/aromatic N) is 2. The van der Waals surface area contributed by atoms with Crippen LogP contribution in [0.5, 0.6) is 0 Å². The number of hydrogen-bond donors (Lipinski definition) is 2. The van der Waals surface area contributed by atoms with Crippen LogP contribution in [0, 0.1) is 5.92 Å². The molecule has 0 radical (unpaired) electrons. The van der Waals surface area contributed by atoms with Gasteiger partial charge < -0.3 is 10.6 Å². The smallest absolute Gasteiger partial charge is 0.191 e. The Morgan fingerprint density at radius 1 is 1.26 bits per heavy atom. The number of piperidine rings is 1. The van der Waals surface area contributed by atoms with E-state index in [-0.39, 0.29) is 0 Å². The van der Waals surface area contributed by atoms with Crippen LogP contribution < -0.4 is 10.6 Å². The molecule has 0 spiro atoms. The van der Waals surface area contributed by atoms with Crippen molar-refractivity contribution in [2.24, 2.45) is 10.9 Å². The van der Waals surface area contributed by atoms with E-state index in [1.165, 1.54) is 38.6 Å². The molecule has 1 saturated carbocycles. The minimum atomic E-state index is 0.578. The van der Waals surface area contributed by atoms with Crippen LogP contribution >= 0.6 is 0 Å². The number of nitrogens with one attached hydrogen (secondary N) is 2. The predicted octanol–water partition coefficient (Wildman–Crippen LogP) is 1.82. The second-order valence-corrected chi connectivity index (χ2v) is 6.21. The van der Waals surface area contributed by atoms with Gasteiger partial charge in [-0.05, 0) is 52.0 Å². The molecule has 19 heavy (non-hydrogen) atoms. The quantitative estimate of drug-likeness (QED) is 0.589. The first-order chi connectivity index (χ1) is 9.20. The molecular formula is C15H30N4. The molecule has 4 heteroatoms. The molecule has 0 bridgehead atoms. The van der Waals surface area contributed by atoms with Gasteiger partial charge in [-0.3, -0.25) is 9.89 Å². The Hall–Kier alpha value is -0.770. The van der Waals surface area contributed by atoms with Gasteiger partial charge in [-0.2, -0.15) is 0 Å². The third-order valence-electron chi connectivity index (χ3n) is 4.46. The van der Waals surface area contributed by atoms with Crippen molar-refractivity contribution in [3.8, 4) is 0 Å². The van der Waals surface area contributed by atoms with E-state index < -0.39 is 0 Å². The average Bonchev–Trinajstić information content (AvgIpc) is 3.23. The second kappa shape index (κ2) is 7.13. The van der Waals surface area contributed by atoms with Crippen LogP contribution in [0.1, 0.15) is 46.0 Å². The van der Waals surface area contributed by atoms with Crippen molar-refractivity contribution in [2.45, 2.75) is 58.0 Å². The van der Waals surface area contributed by atoms with Crippen LogP contribution in [-0.4, -0.2) is 49.6 Å². The van der Waals surface area contributed by atoms with Gasteiger partial charge in [-0.15, -0.1) is 0 Å². The van der Waals surface area contributed by atoms with E-state index >= 15 is 0 Å². The van der Waals surface area contributed by atoms with E-state index in [0.29, 0.717) is 6.04 Å². The second-order valence-electron chi connectivity index (χ2n) is 6.21. The lowest BCUT2D eigenvalue weighted by Gasteiger charge is -2.38. The summed E-state index contributed by atoms with van der Waals surface area (Å²) >= 11 is 0. The molecule has 2 rings (SSSR count). The van der Waals surface area contributed by atoms with Gasteiger partial charge in [-0.1, -0.05) is 6.42 Å². The van der Waals surface area contributed by atoms with E-state index in [1.807, 2.05) is 7.05 Å². The maximum absolute atomic E-state index is 4.30. The highest BCUT2D eigenvalue weighted by Gasteiger charge is 2.23. The maximum atomic E-state index is 4.30. The standard InChI is InChI=1S/C15H30N4/c1-12-6-4-5-9-19(12)13(2)10-17-15(16-3)18-11-14-7-8-14/h12-14H,4-11H2,1-3H3,(H2,16,17,18). The van der Waals surface area contributed by atoms with Crippen LogP contribution in [0.25, 0.3) is 0 Å². The highest BCUT2D eigenvalue weighted by atomic mass is 15.2. The zero-order valence-electron chi connectivity index (χ0n) is 12.8. The van der Waals surface area contributed by atoms with Crippen LogP contribution in [0.15, 0.2) is 4.99 Å². The fourth-order valence-electron chi connectivity index (χ4n) is 2.92. The van der Waals surface area contributed by atoms with E-state index in [1.54, 1.807) is 0 Å². The largest absolute Gasteiger partial charge is 0.356 e. The molecule has 1 saturated heterocycles. The molecule has 2 unspecified atom stereocenters. The summed E-state index contributed by atoms with van der Waals surface area (Å²) in [6.07, 6.45) is 6.85. The Bertz CT molecular complexity index is 299. The normalized spacial score (nSPS) is 27.1. The van der Waals surface area contributed by atoms with Crippen LogP contribution in [0.3, 0.4) is 0 Å². The molecule has 2 aliphatic rings. The molecule has 2 N–H and O–H groups in total. The van der Waals surface area contributed by atoms with Crippen molar-refractivity contribution >= 4 is 5.96 Å². The van der Waals surface area contributed by atoms with Crippen molar-refractivity contribution in [3.05, 3.63) is 0 Å². The van der Waals surface area contributed by atoms with Gasteiger partial charge in [0, 0.05) is 32.2 Å². The minimum absolute atomic E-state index is 0.578. The molecule has 1 heterocycles. The zero-order chi connectivity index (χ0) is 13.7. The summed E-state index contributed by atoms with van der Waals surface area (Å²) in [5.74, 6) is 1.85.